The molecule has 0 aliphatic heterocycles. The molecule has 0 heterocycles. The highest BCUT2D eigenvalue weighted by molar-refractivity contribution is 5.43. The van der Waals surface area contributed by atoms with Crippen LogP contribution in [-0.2, 0) is 5.41 Å². The zero-order valence-corrected chi connectivity index (χ0v) is 12.3. The Morgan fingerprint density at radius 2 is 1.95 bits per heavy atom. The van der Waals surface area contributed by atoms with Crippen LogP contribution >= 0.6 is 0 Å². The molecule has 1 aromatic rings. The summed E-state index contributed by atoms with van der Waals surface area (Å²) in [4.78, 5) is 0. The summed E-state index contributed by atoms with van der Waals surface area (Å²) in [7, 11) is 0. The highest BCUT2D eigenvalue weighted by atomic mass is 14.3. The molecule has 0 radical (unpaired) electrons. The Balaban J connectivity index is 2.16. The first-order valence-corrected chi connectivity index (χ1v) is 7.66. The molecule has 1 aliphatic carbocycles. The normalized spacial score (nSPS) is 21.3. The minimum atomic E-state index is 0.0926. The van der Waals surface area contributed by atoms with E-state index in [2.05, 4.69) is 55.5 Å². The van der Waals surface area contributed by atoms with Crippen LogP contribution in [0.1, 0.15) is 51.0 Å². The fraction of sp³-hybridized carbons (Fsp3) is 0.421. The second-order valence-electron chi connectivity index (χ2n) is 5.64. The molecule has 0 fully saturated rings. The maximum Gasteiger partial charge on any atom is 0.0988 e. The lowest BCUT2D eigenvalue weighted by molar-refractivity contribution is 0.456. The van der Waals surface area contributed by atoms with Crippen molar-refractivity contribution in [2.45, 2.75) is 50.9 Å². The molecule has 1 nitrogen and oxygen atoms in total. The van der Waals surface area contributed by atoms with Crippen molar-refractivity contribution in [3.8, 4) is 6.07 Å². The van der Waals surface area contributed by atoms with E-state index < -0.39 is 0 Å². The van der Waals surface area contributed by atoms with E-state index in [4.69, 9.17) is 5.26 Å². The Morgan fingerprint density at radius 3 is 2.55 bits per heavy atom. The second kappa shape index (κ2) is 7.10. The number of hydrogen-bond acceptors (Lipinski definition) is 1. The number of nitrogens with zero attached hydrogens (tertiary/aromatic N) is 1. The van der Waals surface area contributed by atoms with Crippen molar-refractivity contribution in [3.63, 3.8) is 0 Å². The van der Waals surface area contributed by atoms with E-state index >= 15 is 0 Å². The van der Waals surface area contributed by atoms with Crippen molar-refractivity contribution in [1.82, 2.24) is 0 Å². The van der Waals surface area contributed by atoms with Crippen LogP contribution in [0.4, 0.5) is 0 Å². The summed E-state index contributed by atoms with van der Waals surface area (Å²) >= 11 is 0. The van der Waals surface area contributed by atoms with Crippen LogP contribution in [0.5, 0.6) is 0 Å². The molecule has 1 heteroatoms. The first kappa shape index (κ1) is 14.6. The smallest absolute Gasteiger partial charge is 0.0988 e. The van der Waals surface area contributed by atoms with Crippen molar-refractivity contribution < 1.29 is 0 Å². The number of unbranched alkanes of at least 4 members (excludes halogenated alkanes) is 3. The zero-order valence-electron chi connectivity index (χ0n) is 12.3. The van der Waals surface area contributed by atoms with E-state index in [1.807, 2.05) is 6.08 Å². The maximum atomic E-state index is 9.01. The molecule has 0 saturated carbocycles. The van der Waals surface area contributed by atoms with Crippen molar-refractivity contribution in [3.05, 3.63) is 59.7 Å². The lowest BCUT2D eigenvalue weighted by Gasteiger charge is -2.32. The van der Waals surface area contributed by atoms with Gasteiger partial charge >= 0.3 is 0 Å². The number of benzene rings is 1. The number of nitriles is 1. The summed E-state index contributed by atoms with van der Waals surface area (Å²) in [5.74, 6) is 0. The molecule has 0 amide bonds. The van der Waals surface area contributed by atoms with Gasteiger partial charge in [0.1, 0.15) is 0 Å². The monoisotopic (exact) mass is 265 g/mol. The minimum absolute atomic E-state index is 0.0926. The van der Waals surface area contributed by atoms with Crippen LogP contribution in [0.15, 0.2) is 54.1 Å². The van der Waals surface area contributed by atoms with Crippen molar-refractivity contribution >= 4 is 0 Å². The molecule has 0 aromatic heterocycles. The van der Waals surface area contributed by atoms with E-state index in [0.717, 1.165) is 12.0 Å². The molecule has 2 rings (SSSR count). The van der Waals surface area contributed by atoms with Gasteiger partial charge in [-0.15, -0.1) is 0 Å². The fourth-order valence-electron chi connectivity index (χ4n) is 2.94. The zero-order chi connectivity index (χ0) is 14.3. The number of allylic oxidation sites excluding steroid dienone is 4. The molecular formula is C19H23N. The second-order valence-corrected chi connectivity index (χ2v) is 5.64. The van der Waals surface area contributed by atoms with Crippen LogP contribution in [0.2, 0.25) is 0 Å². The van der Waals surface area contributed by atoms with Crippen LogP contribution in [0, 0.1) is 11.3 Å². The quantitative estimate of drug-likeness (QED) is 0.640. The average Bonchev–Trinajstić information content (AvgIpc) is 2.53. The molecule has 0 spiro atoms. The Labute approximate surface area is 122 Å². The van der Waals surface area contributed by atoms with E-state index in [-0.39, 0.29) is 5.41 Å². The first-order chi connectivity index (χ1) is 9.80. The summed E-state index contributed by atoms with van der Waals surface area (Å²) in [6, 6.07) is 13.0. The first-order valence-electron chi connectivity index (χ1n) is 7.66. The van der Waals surface area contributed by atoms with Gasteiger partial charge in [0, 0.05) is 11.0 Å². The third-order valence-corrected chi connectivity index (χ3v) is 4.22. The molecule has 104 valence electrons. The fourth-order valence-corrected chi connectivity index (χ4v) is 2.94. The molecule has 1 atom stereocenters. The largest absolute Gasteiger partial charge is 0.192 e. The summed E-state index contributed by atoms with van der Waals surface area (Å²) in [6.07, 6.45) is 13.6. The minimum Gasteiger partial charge on any atom is -0.192 e. The number of hydrogen-bond donors (Lipinski definition) is 0. The molecule has 1 aromatic carbocycles. The van der Waals surface area contributed by atoms with Gasteiger partial charge < -0.3 is 0 Å². The summed E-state index contributed by atoms with van der Waals surface area (Å²) in [6.45, 7) is 2.25. The highest BCUT2D eigenvalue weighted by Gasteiger charge is 2.29. The predicted molar refractivity (Wildman–Crippen MR) is 84.3 cm³/mol. The molecule has 0 bridgehead atoms. The molecular weight excluding hydrogens is 242 g/mol. The molecule has 20 heavy (non-hydrogen) atoms. The lowest BCUT2D eigenvalue weighted by atomic mass is 9.71. The van der Waals surface area contributed by atoms with Gasteiger partial charge in [0.2, 0.25) is 0 Å². The van der Waals surface area contributed by atoms with Crippen molar-refractivity contribution in [2.24, 2.45) is 0 Å². The number of rotatable bonds is 6. The summed E-state index contributed by atoms with van der Waals surface area (Å²) in [5.41, 5.74) is 2.26. The van der Waals surface area contributed by atoms with E-state index in [1.54, 1.807) is 0 Å². The Kier molecular flexibility index (Phi) is 5.18. The van der Waals surface area contributed by atoms with Gasteiger partial charge in [-0.3, -0.25) is 0 Å². The highest BCUT2D eigenvalue weighted by Crippen LogP contribution is 2.38. The molecule has 0 N–H and O–H groups in total. The molecule has 0 saturated heterocycles. The third kappa shape index (κ3) is 3.39. The Morgan fingerprint density at radius 1 is 1.15 bits per heavy atom. The van der Waals surface area contributed by atoms with Crippen LogP contribution < -0.4 is 0 Å². The molecule has 1 unspecified atom stereocenters. The van der Waals surface area contributed by atoms with E-state index in [9.17, 15) is 0 Å². The Bertz CT molecular complexity index is 518. The predicted octanol–water partition coefficient (Wildman–Crippen LogP) is 5.30. The van der Waals surface area contributed by atoms with Gasteiger partial charge in [-0.25, -0.2) is 0 Å². The van der Waals surface area contributed by atoms with Gasteiger partial charge in [0.05, 0.1) is 6.07 Å². The van der Waals surface area contributed by atoms with Crippen LogP contribution in [0.3, 0.4) is 0 Å². The van der Waals surface area contributed by atoms with Crippen molar-refractivity contribution in [2.75, 3.05) is 0 Å². The summed E-state index contributed by atoms with van der Waals surface area (Å²) < 4.78 is 0. The maximum absolute atomic E-state index is 9.01. The van der Waals surface area contributed by atoms with Gasteiger partial charge in [-0.05, 0) is 24.5 Å². The van der Waals surface area contributed by atoms with Crippen molar-refractivity contribution in [1.29, 1.82) is 5.26 Å². The average molecular weight is 265 g/mol. The van der Waals surface area contributed by atoms with E-state index in [0.29, 0.717) is 0 Å². The standard InChI is InChI=1S/C19H23N/c1-2-3-4-8-13-19(18-9-6-5-7-10-18)14-11-17(16-20)12-15-19/h5-7,9-12,14H,2-4,8,13,15H2,1H3. The van der Waals surface area contributed by atoms with E-state index in [1.165, 1.54) is 37.7 Å². The molecule has 1 aliphatic rings. The topological polar surface area (TPSA) is 23.8 Å². The van der Waals surface area contributed by atoms with Gasteiger partial charge in [-0.2, -0.15) is 5.26 Å². The van der Waals surface area contributed by atoms with Gasteiger partial charge in [0.25, 0.3) is 0 Å². The SMILES string of the molecule is CCCCCCC1(c2ccccc2)C=CC(C#N)=CC1. The summed E-state index contributed by atoms with van der Waals surface area (Å²) in [5, 5.41) is 9.01. The Hall–Kier alpha value is -1.81. The van der Waals surface area contributed by atoms with Crippen LogP contribution in [0.25, 0.3) is 0 Å². The third-order valence-electron chi connectivity index (χ3n) is 4.22. The van der Waals surface area contributed by atoms with Crippen LogP contribution in [-0.4, -0.2) is 0 Å². The van der Waals surface area contributed by atoms with Gasteiger partial charge in [0.15, 0.2) is 0 Å². The lowest BCUT2D eigenvalue weighted by Crippen LogP contribution is -2.24. The van der Waals surface area contributed by atoms with Gasteiger partial charge in [-0.1, -0.05) is 75.1 Å².